The van der Waals surface area contributed by atoms with Crippen molar-refractivity contribution >= 4 is 6.08 Å². The Morgan fingerprint density at radius 2 is 1.56 bits per heavy atom. The van der Waals surface area contributed by atoms with Gasteiger partial charge in [-0.05, 0) is 76.8 Å². The van der Waals surface area contributed by atoms with Crippen LogP contribution in [0.5, 0.6) is 0 Å². The molecule has 0 heterocycles. The number of aryl methyl sites for hydroxylation is 2. The summed E-state index contributed by atoms with van der Waals surface area (Å²) in [7, 11) is 0. The minimum Gasteiger partial charge on any atom is -0.392 e. The van der Waals surface area contributed by atoms with Crippen LogP contribution in [0.2, 0.25) is 0 Å². The molecule has 0 saturated carbocycles. The molecule has 1 unspecified atom stereocenters. The van der Waals surface area contributed by atoms with Crippen LogP contribution >= 0.6 is 0 Å². The number of rotatable bonds is 12. The molecule has 2 rings (SSSR count). The molecule has 1 atom stereocenters. The lowest BCUT2D eigenvalue weighted by atomic mass is 9.71. The molecule has 0 aliphatic rings. The average molecular weight is 439 g/mol. The summed E-state index contributed by atoms with van der Waals surface area (Å²) in [6.45, 7) is 10.7. The van der Waals surface area contributed by atoms with Crippen molar-refractivity contribution in [2.75, 3.05) is 0 Å². The minimum absolute atomic E-state index is 0.0428. The lowest BCUT2D eigenvalue weighted by Gasteiger charge is -2.33. The lowest BCUT2D eigenvalue weighted by molar-refractivity contribution is 0.173. The molecule has 3 heteroatoms. The fourth-order valence-electron chi connectivity index (χ4n) is 4.50. The third-order valence-corrected chi connectivity index (χ3v) is 7.15. The topological polar surface area (TPSA) is 60.7 Å². The molecule has 3 nitrogen and oxygen atoms in total. The second kappa shape index (κ2) is 12.3. The van der Waals surface area contributed by atoms with Crippen molar-refractivity contribution in [1.29, 1.82) is 0 Å². The number of aliphatic hydroxyl groups is 3. The highest BCUT2D eigenvalue weighted by atomic mass is 16.3. The highest BCUT2D eigenvalue weighted by molar-refractivity contribution is 5.56. The standard InChI is InChI=1S/C29H42O3/c1-6-23-18-27(13-11-24(23)12-14-28(32)21(4)5)29(7-2,8-3)16-15-22-9-10-25(19-30)26(17-22)20-31/h9-14,17-18,21,28,30-32H,6-8,15-16,19-20H2,1-5H3/b14-12+. The van der Waals surface area contributed by atoms with E-state index < -0.39 is 6.10 Å². The second-order valence-corrected chi connectivity index (χ2v) is 9.27. The van der Waals surface area contributed by atoms with Crippen molar-refractivity contribution in [2.45, 2.75) is 91.5 Å². The van der Waals surface area contributed by atoms with Gasteiger partial charge in [-0.2, -0.15) is 0 Å². The zero-order valence-corrected chi connectivity index (χ0v) is 20.6. The quantitative estimate of drug-likeness (QED) is 0.383. The number of hydrogen-bond acceptors (Lipinski definition) is 3. The molecule has 32 heavy (non-hydrogen) atoms. The molecule has 176 valence electrons. The van der Waals surface area contributed by atoms with E-state index in [1.54, 1.807) is 0 Å². The largest absolute Gasteiger partial charge is 0.392 e. The maximum Gasteiger partial charge on any atom is 0.0747 e. The molecule has 2 aromatic carbocycles. The van der Waals surface area contributed by atoms with Crippen LogP contribution in [0.3, 0.4) is 0 Å². The van der Waals surface area contributed by atoms with E-state index in [0.29, 0.717) is 0 Å². The lowest BCUT2D eigenvalue weighted by Crippen LogP contribution is -2.25. The Bertz CT molecular complexity index is 878. The summed E-state index contributed by atoms with van der Waals surface area (Å²) in [6.07, 6.45) is 8.60. The Kier molecular flexibility index (Phi) is 10.1. The first-order valence-corrected chi connectivity index (χ1v) is 12.2. The van der Waals surface area contributed by atoms with Crippen molar-refractivity contribution in [3.63, 3.8) is 0 Å². The second-order valence-electron chi connectivity index (χ2n) is 9.27. The fraction of sp³-hybridized carbons (Fsp3) is 0.517. The molecule has 0 radical (unpaired) electrons. The summed E-state index contributed by atoms with van der Waals surface area (Å²) < 4.78 is 0. The highest BCUT2D eigenvalue weighted by Crippen LogP contribution is 2.38. The van der Waals surface area contributed by atoms with E-state index in [0.717, 1.165) is 43.2 Å². The molecule has 0 spiro atoms. The molecule has 0 bridgehead atoms. The molecular weight excluding hydrogens is 396 g/mol. The molecule has 0 aliphatic heterocycles. The van der Waals surface area contributed by atoms with Gasteiger partial charge in [0.05, 0.1) is 19.3 Å². The first-order chi connectivity index (χ1) is 15.3. The van der Waals surface area contributed by atoms with E-state index in [1.165, 1.54) is 22.3 Å². The maximum atomic E-state index is 10.1. The summed E-state index contributed by atoms with van der Waals surface area (Å²) in [5, 5.41) is 29.2. The Morgan fingerprint density at radius 3 is 2.12 bits per heavy atom. The van der Waals surface area contributed by atoms with Crippen molar-refractivity contribution in [2.24, 2.45) is 5.92 Å². The predicted octanol–water partition coefficient (Wildman–Crippen LogP) is 5.95. The van der Waals surface area contributed by atoms with Gasteiger partial charge in [-0.3, -0.25) is 0 Å². The highest BCUT2D eigenvalue weighted by Gasteiger charge is 2.28. The van der Waals surface area contributed by atoms with E-state index in [2.05, 4.69) is 51.1 Å². The Hall–Kier alpha value is -1.94. The first kappa shape index (κ1) is 26.3. The van der Waals surface area contributed by atoms with Crippen LogP contribution in [-0.2, 0) is 31.5 Å². The summed E-state index contributed by atoms with van der Waals surface area (Å²) in [6, 6.07) is 12.9. The van der Waals surface area contributed by atoms with Gasteiger partial charge in [-0.15, -0.1) is 0 Å². The maximum absolute atomic E-state index is 10.1. The van der Waals surface area contributed by atoms with Crippen LogP contribution < -0.4 is 0 Å². The molecule has 0 fully saturated rings. The molecule has 2 aromatic rings. The third-order valence-electron chi connectivity index (χ3n) is 7.15. The van der Waals surface area contributed by atoms with Gasteiger partial charge in [0.1, 0.15) is 0 Å². The van der Waals surface area contributed by atoms with E-state index >= 15 is 0 Å². The SMILES string of the molecule is CCc1cc(C(CC)(CC)CCc2ccc(CO)c(CO)c2)ccc1/C=C/C(O)C(C)C. The van der Waals surface area contributed by atoms with Gasteiger partial charge in [0, 0.05) is 0 Å². The molecule has 0 amide bonds. The van der Waals surface area contributed by atoms with Crippen LogP contribution in [-0.4, -0.2) is 21.4 Å². The van der Waals surface area contributed by atoms with Gasteiger partial charge in [0.2, 0.25) is 0 Å². The Morgan fingerprint density at radius 1 is 0.875 bits per heavy atom. The van der Waals surface area contributed by atoms with Gasteiger partial charge in [-0.1, -0.05) is 83.2 Å². The predicted molar refractivity (Wildman–Crippen MR) is 135 cm³/mol. The molecule has 3 N–H and O–H groups in total. The average Bonchev–Trinajstić information content (AvgIpc) is 2.83. The Labute approximate surface area is 194 Å². The smallest absolute Gasteiger partial charge is 0.0747 e. The summed E-state index contributed by atoms with van der Waals surface area (Å²) in [4.78, 5) is 0. The van der Waals surface area contributed by atoms with Gasteiger partial charge in [0.15, 0.2) is 0 Å². The van der Waals surface area contributed by atoms with Gasteiger partial charge >= 0.3 is 0 Å². The normalized spacial score (nSPS) is 13.3. The van der Waals surface area contributed by atoms with E-state index in [-0.39, 0.29) is 24.5 Å². The number of hydrogen-bond donors (Lipinski definition) is 3. The number of aliphatic hydroxyl groups excluding tert-OH is 3. The fourth-order valence-corrected chi connectivity index (χ4v) is 4.50. The van der Waals surface area contributed by atoms with Crippen molar-refractivity contribution in [3.05, 3.63) is 75.9 Å². The van der Waals surface area contributed by atoms with Gasteiger partial charge < -0.3 is 15.3 Å². The molecule has 0 aromatic heterocycles. The monoisotopic (exact) mass is 438 g/mol. The van der Waals surface area contributed by atoms with Crippen LogP contribution in [0, 0.1) is 5.92 Å². The molecular formula is C29H42O3. The zero-order valence-electron chi connectivity index (χ0n) is 20.6. The van der Waals surface area contributed by atoms with Crippen molar-refractivity contribution in [3.8, 4) is 0 Å². The zero-order chi connectivity index (χ0) is 23.7. The summed E-state index contributed by atoms with van der Waals surface area (Å²) >= 11 is 0. The van der Waals surface area contributed by atoms with Crippen LogP contribution in [0.1, 0.15) is 87.3 Å². The van der Waals surface area contributed by atoms with E-state index in [4.69, 9.17) is 0 Å². The van der Waals surface area contributed by atoms with Crippen LogP contribution in [0.4, 0.5) is 0 Å². The summed E-state index contributed by atoms with van der Waals surface area (Å²) in [5.74, 6) is 0.209. The van der Waals surface area contributed by atoms with E-state index in [9.17, 15) is 15.3 Å². The molecule has 0 aliphatic carbocycles. The van der Waals surface area contributed by atoms with Crippen LogP contribution in [0.25, 0.3) is 6.08 Å². The third kappa shape index (κ3) is 6.31. The van der Waals surface area contributed by atoms with Gasteiger partial charge in [-0.25, -0.2) is 0 Å². The summed E-state index contributed by atoms with van der Waals surface area (Å²) in [5.41, 5.74) is 6.80. The number of benzene rings is 2. The molecule has 0 saturated heterocycles. The van der Waals surface area contributed by atoms with Crippen molar-refractivity contribution < 1.29 is 15.3 Å². The van der Waals surface area contributed by atoms with E-state index in [1.807, 2.05) is 32.1 Å². The van der Waals surface area contributed by atoms with Crippen molar-refractivity contribution in [1.82, 2.24) is 0 Å². The van der Waals surface area contributed by atoms with Gasteiger partial charge in [0.25, 0.3) is 0 Å². The van der Waals surface area contributed by atoms with Crippen LogP contribution in [0.15, 0.2) is 42.5 Å². The Balaban J connectivity index is 2.30. The minimum atomic E-state index is -0.425. The first-order valence-electron chi connectivity index (χ1n) is 12.2.